The van der Waals surface area contributed by atoms with Crippen LogP contribution < -0.4 is 5.32 Å². The summed E-state index contributed by atoms with van der Waals surface area (Å²) in [6.45, 7) is 0.591. The zero-order valence-corrected chi connectivity index (χ0v) is 14.7. The van der Waals surface area contributed by atoms with E-state index in [-0.39, 0.29) is 5.91 Å². The number of aromatic nitrogens is 3. The van der Waals surface area contributed by atoms with Crippen molar-refractivity contribution >= 4 is 23.1 Å². The summed E-state index contributed by atoms with van der Waals surface area (Å²) < 4.78 is 1.81. The van der Waals surface area contributed by atoms with Crippen LogP contribution in [-0.4, -0.2) is 39.7 Å². The molecule has 6 nitrogen and oxygen atoms in total. The summed E-state index contributed by atoms with van der Waals surface area (Å²) in [5.74, 6) is 0.629. The largest absolute Gasteiger partial charge is 0.366 e. The molecule has 0 radical (unpaired) electrons. The SMILES string of the molecule is CN(C)C(=O)c1ccnc(NCc2cn(C)nc2-c2cccs2)c1. The van der Waals surface area contributed by atoms with Crippen LogP contribution in [0, 0.1) is 0 Å². The third-order valence-corrected chi connectivity index (χ3v) is 4.41. The highest BCUT2D eigenvalue weighted by Crippen LogP contribution is 2.26. The smallest absolute Gasteiger partial charge is 0.253 e. The lowest BCUT2D eigenvalue weighted by molar-refractivity contribution is 0.0827. The summed E-state index contributed by atoms with van der Waals surface area (Å²) in [5, 5.41) is 9.86. The minimum Gasteiger partial charge on any atom is -0.366 e. The summed E-state index contributed by atoms with van der Waals surface area (Å²) in [6, 6.07) is 7.56. The maximum Gasteiger partial charge on any atom is 0.253 e. The summed E-state index contributed by atoms with van der Waals surface area (Å²) in [7, 11) is 5.38. The van der Waals surface area contributed by atoms with Gasteiger partial charge in [0.1, 0.15) is 11.5 Å². The van der Waals surface area contributed by atoms with Crippen LogP contribution in [0.25, 0.3) is 10.6 Å². The third-order valence-electron chi connectivity index (χ3n) is 3.53. The van der Waals surface area contributed by atoms with Crippen molar-refractivity contribution in [2.75, 3.05) is 19.4 Å². The molecule has 0 atom stereocenters. The molecule has 3 rings (SSSR count). The number of pyridine rings is 1. The van der Waals surface area contributed by atoms with E-state index in [1.54, 1.807) is 48.7 Å². The van der Waals surface area contributed by atoms with E-state index in [9.17, 15) is 4.79 Å². The molecular weight excluding hydrogens is 322 g/mol. The van der Waals surface area contributed by atoms with Crippen molar-refractivity contribution in [3.8, 4) is 10.6 Å². The summed E-state index contributed by atoms with van der Waals surface area (Å²) in [6.07, 6.45) is 3.64. The molecule has 0 aliphatic rings. The molecule has 0 spiro atoms. The Balaban J connectivity index is 1.77. The normalized spacial score (nSPS) is 10.6. The monoisotopic (exact) mass is 341 g/mol. The average molecular weight is 341 g/mol. The molecule has 0 bridgehead atoms. The zero-order valence-electron chi connectivity index (χ0n) is 13.9. The van der Waals surface area contributed by atoms with E-state index in [2.05, 4.69) is 21.5 Å². The van der Waals surface area contributed by atoms with Crippen LogP contribution in [0.15, 0.2) is 42.0 Å². The first-order valence-electron chi connectivity index (χ1n) is 7.52. The van der Waals surface area contributed by atoms with E-state index in [4.69, 9.17) is 0 Å². The van der Waals surface area contributed by atoms with Gasteiger partial charge in [0.05, 0.1) is 4.88 Å². The number of amides is 1. The fraction of sp³-hybridized carbons (Fsp3) is 0.235. The topological polar surface area (TPSA) is 63.1 Å². The standard InChI is InChI=1S/C17H19N5OS/c1-21(2)17(23)12-6-7-18-15(9-12)19-10-13-11-22(3)20-16(13)14-5-4-8-24-14/h4-9,11H,10H2,1-3H3,(H,18,19). The molecule has 0 aliphatic heterocycles. The van der Waals surface area contributed by atoms with Gasteiger partial charge >= 0.3 is 0 Å². The van der Waals surface area contributed by atoms with E-state index in [0.29, 0.717) is 17.9 Å². The Hall–Kier alpha value is -2.67. The average Bonchev–Trinajstić information content (AvgIpc) is 3.21. The second kappa shape index (κ2) is 6.84. The number of hydrogen-bond donors (Lipinski definition) is 1. The predicted molar refractivity (Wildman–Crippen MR) is 96.1 cm³/mol. The third kappa shape index (κ3) is 3.46. The van der Waals surface area contributed by atoms with Gasteiger partial charge in [0, 0.05) is 51.2 Å². The number of hydrogen-bond acceptors (Lipinski definition) is 5. The quantitative estimate of drug-likeness (QED) is 0.775. The maximum atomic E-state index is 12.0. The molecule has 1 N–H and O–H groups in total. The molecule has 0 saturated heterocycles. The molecule has 0 saturated carbocycles. The number of anilines is 1. The predicted octanol–water partition coefficient (Wildman–Crippen LogP) is 2.86. The number of nitrogens with zero attached hydrogens (tertiary/aromatic N) is 4. The second-order valence-corrected chi connectivity index (χ2v) is 6.58. The van der Waals surface area contributed by atoms with Crippen LogP contribution in [0.5, 0.6) is 0 Å². The molecule has 0 unspecified atom stereocenters. The maximum absolute atomic E-state index is 12.0. The van der Waals surface area contributed by atoms with Crippen LogP contribution >= 0.6 is 11.3 Å². The van der Waals surface area contributed by atoms with Gasteiger partial charge in [-0.1, -0.05) is 6.07 Å². The van der Waals surface area contributed by atoms with Gasteiger partial charge in [-0.25, -0.2) is 4.98 Å². The molecule has 0 aliphatic carbocycles. The van der Waals surface area contributed by atoms with Crippen molar-refractivity contribution in [3.63, 3.8) is 0 Å². The highest BCUT2D eigenvalue weighted by Gasteiger charge is 2.12. The Morgan fingerprint density at radius 1 is 1.38 bits per heavy atom. The van der Waals surface area contributed by atoms with Crippen LogP contribution in [0.2, 0.25) is 0 Å². The minimum atomic E-state index is -0.0406. The van der Waals surface area contributed by atoms with Crippen molar-refractivity contribution in [2.24, 2.45) is 7.05 Å². The van der Waals surface area contributed by atoms with E-state index >= 15 is 0 Å². The van der Waals surface area contributed by atoms with E-state index in [0.717, 1.165) is 16.1 Å². The number of aryl methyl sites for hydroxylation is 1. The van der Waals surface area contributed by atoms with Gasteiger partial charge in [0.2, 0.25) is 0 Å². The van der Waals surface area contributed by atoms with Crippen LogP contribution in [0.3, 0.4) is 0 Å². The van der Waals surface area contributed by atoms with Gasteiger partial charge in [-0.3, -0.25) is 9.48 Å². The Labute approximate surface area is 144 Å². The zero-order chi connectivity index (χ0) is 17.1. The van der Waals surface area contributed by atoms with Gasteiger partial charge in [0.15, 0.2) is 0 Å². The van der Waals surface area contributed by atoms with Gasteiger partial charge in [-0.05, 0) is 23.6 Å². The van der Waals surface area contributed by atoms with E-state index < -0.39 is 0 Å². The summed E-state index contributed by atoms with van der Waals surface area (Å²) in [5.41, 5.74) is 2.67. The summed E-state index contributed by atoms with van der Waals surface area (Å²) in [4.78, 5) is 19.0. The Morgan fingerprint density at radius 2 is 2.21 bits per heavy atom. The number of nitrogens with one attached hydrogen (secondary N) is 1. The molecule has 3 heterocycles. The molecule has 3 aromatic heterocycles. The molecular formula is C17H19N5OS. The fourth-order valence-electron chi connectivity index (χ4n) is 2.39. The molecule has 7 heteroatoms. The fourth-order valence-corrected chi connectivity index (χ4v) is 3.14. The van der Waals surface area contributed by atoms with Crippen LogP contribution in [0.4, 0.5) is 5.82 Å². The van der Waals surface area contributed by atoms with E-state index in [1.807, 2.05) is 29.4 Å². The van der Waals surface area contributed by atoms with Crippen molar-refractivity contribution < 1.29 is 4.79 Å². The Bertz CT molecular complexity index is 839. The number of carbonyl (C=O) groups is 1. The van der Waals surface area contributed by atoms with Crippen molar-refractivity contribution in [2.45, 2.75) is 6.54 Å². The molecule has 24 heavy (non-hydrogen) atoms. The lowest BCUT2D eigenvalue weighted by atomic mass is 10.2. The Kier molecular flexibility index (Phi) is 4.61. The van der Waals surface area contributed by atoms with E-state index in [1.165, 1.54) is 0 Å². The molecule has 0 aromatic carbocycles. The lowest BCUT2D eigenvalue weighted by Crippen LogP contribution is -2.21. The molecule has 3 aromatic rings. The highest BCUT2D eigenvalue weighted by molar-refractivity contribution is 7.13. The van der Waals surface area contributed by atoms with Gasteiger partial charge in [-0.15, -0.1) is 11.3 Å². The number of rotatable bonds is 5. The van der Waals surface area contributed by atoms with Crippen LogP contribution in [0.1, 0.15) is 15.9 Å². The summed E-state index contributed by atoms with van der Waals surface area (Å²) >= 11 is 1.67. The number of carbonyl (C=O) groups excluding carboxylic acids is 1. The second-order valence-electron chi connectivity index (χ2n) is 5.64. The lowest BCUT2D eigenvalue weighted by Gasteiger charge is -2.11. The first-order valence-corrected chi connectivity index (χ1v) is 8.40. The first kappa shape index (κ1) is 16.2. The molecule has 0 fully saturated rings. The van der Waals surface area contributed by atoms with Crippen LogP contribution in [-0.2, 0) is 13.6 Å². The van der Waals surface area contributed by atoms with Gasteiger partial charge < -0.3 is 10.2 Å². The number of thiophene rings is 1. The highest BCUT2D eigenvalue weighted by atomic mass is 32.1. The first-order chi connectivity index (χ1) is 11.5. The molecule has 1 amide bonds. The van der Waals surface area contributed by atoms with Gasteiger partial charge in [0.25, 0.3) is 5.91 Å². The molecule has 124 valence electrons. The van der Waals surface area contributed by atoms with Crippen molar-refractivity contribution in [1.82, 2.24) is 19.7 Å². The Morgan fingerprint density at radius 3 is 2.92 bits per heavy atom. The van der Waals surface area contributed by atoms with Crippen molar-refractivity contribution in [1.29, 1.82) is 0 Å². The van der Waals surface area contributed by atoms with Crippen molar-refractivity contribution in [3.05, 3.63) is 53.2 Å². The van der Waals surface area contributed by atoms with Gasteiger partial charge in [-0.2, -0.15) is 5.10 Å². The minimum absolute atomic E-state index is 0.0406.